The maximum Gasteiger partial charge on any atom is 0.313 e. The van der Waals surface area contributed by atoms with Gasteiger partial charge in [-0.3, -0.25) is 9.59 Å². The van der Waals surface area contributed by atoms with Crippen molar-refractivity contribution >= 4 is 23.1 Å². The minimum absolute atomic E-state index is 0.206. The molecule has 0 fully saturated rings. The molecule has 0 amide bonds. The van der Waals surface area contributed by atoms with Crippen molar-refractivity contribution in [3.63, 3.8) is 0 Å². The number of ether oxygens (including phenoxy) is 2. The molecule has 8 nitrogen and oxygen atoms in total. The first-order valence-corrected chi connectivity index (χ1v) is 14.8. The Labute approximate surface area is 258 Å². The molecule has 0 aliphatic heterocycles. The molecule has 8 heteroatoms. The topological polar surface area (TPSA) is 148 Å². The van der Waals surface area contributed by atoms with Crippen molar-refractivity contribution in [2.75, 3.05) is 0 Å². The van der Waals surface area contributed by atoms with Crippen LogP contribution in [0.4, 0.5) is 0 Å². The molecular weight excluding hydrogens is 552 g/mol. The van der Waals surface area contributed by atoms with E-state index in [0.29, 0.717) is 41.5 Å². The van der Waals surface area contributed by atoms with Gasteiger partial charge in [0.25, 0.3) is 0 Å². The number of esters is 2. The number of rotatable bonds is 8. The highest BCUT2D eigenvalue weighted by Gasteiger charge is 2.58. The Morgan fingerprint density at radius 2 is 1.34 bits per heavy atom. The van der Waals surface area contributed by atoms with E-state index in [0.717, 1.165) is 11.1 Å². The molecule has 44 heavy (non-hydrogen) atoms. The van der Waals surface area contributed by atoms with Crippen LogP contribution in [0.15, 0.2) is 60.2 Å². The van der Waals surface area contributed by atoms with Gasteiger partial charge in [-0.2, -0.15) is 21.0 Å². The molecule has 0 aromatic heterocycles. The van der Waals surface area contributed by atoms with Gasteiger partial charge < -0.3 is 9.47 Å². The standard InChI is InChI=1S/C36H34N4O4/c1-22(2)43-34(41)32(29-17-16-25-11-6-8-14-28(25)31(29)26(18-37)19-38)33(35(42)44-23(3)4)36(20-39,21-40)30-15-9-12-24-10-5-7-13-27(24)30/h5-8,10-11,13-15,22-23,29,32-33H,9,12,16-17H2,1-4H3. The Morgan fingerprint density at radius 3 is 1.91 bits per heavy atom. The highest BCUT2D eigenvalue weighted by atomic mass is 16.6. The second kappa shape index (κ2) is 13.4. The number of carbonyl (C=O) groups excluding carboxylic acids is 2. The summed E-state index contributed by atoms with van der Waals surface area (Å²) in [6.45, 7) is 6.64. The van der Waals surface area contributed by atoms with Crippen LogP contribution in [0.25, 0.3) is 11.1 Å². The van der Waals surface area contributed by atoms with Crippen LogP contribution in [0.3, 0.4) is 0 Å². The second-order valence-corrected chi connectivity index (χ2v) is 11.6. The van der Waals surface area contributed by atoms with Gasteiger partial charge in [0.15, 0.2) is 5.41 Å². The zero-order valence-corrected chi connectivity index (χ0v) is 25.3. The molecule has 222 valence electrons. The van der Waals surface area contributed by atoms with Gasteiger partial charge in [-0.05, 0) is 86.8 Å². The molecule has 0 N–H and O–H groups in total. The molecule has 2 aromatic rings. The Balaban J connectivity index is 2.07. The molecule has 0 spiro atoms. The molecule has 0 saturated carbocycles. The van der Waals surface area contributed by atoms with E-state index in [2.05, 4.69) is 12.1 Å². The molecule has 0 bridgehead atoms. The fourth-order valence-corrected chi connectivity index (χ4v) is 6.53. The van der Waals surface area contributed by atoms with Gasteiger partial charge in [0.2, 0.25) is 0 Å². The fraction of sp³-hybridized carbons (Fsp3) is 0.389. The Kier molecular flexibility index (Phi) is 9.68. The maximum absolute atomic E-state index is 14.3. The summed E-state index contributed by atoms with van der Waals surface area (Å²) in [4.78, 5) is 28.6. The third kappa shape index (κ3) is 5.86. The lowest BCUT2D eigenvalue weighted by Crippen LogP contribution is -2.49. The van der Waals surface area contributed by atoms with Crippen LogP contribution < -0.4 is 0 Å². The van der Waals surface area contributed by atoms with E-state index in [1.165, 1.54) is 0 Å². The largest absolute Gasteiger partial charge is 0.463 e. The van der Waals surface area contributed by atoms with Crippen LogP contribution in [0.5, 0.6) is 0 Å². The first-order valence-electron chi connectivity index (χ1n) is 14.8. The van der Waals surface area contributed by atoms with Gasteiger partial charge in [0.05, 0.1) is 30.3 Å². The Morgan fingerprint density at radius 1 is 0.795 bits per heavy atom. The first kappa shape index (κ1) is 31.7. The summed E-state index contributed by atoms with van der Waals surface area (Å²) in [7, 11) is 0. The van der Waals surface area contributed by atoms with E-state index < -0.39 is 47.3 Å². The van der Waals surface area contributed by atoms with Crippen molar-refractivity contribution in [1.29, 1.82) is 21.0 Å². The smallest absolute Gasteiger partial charge is 0.313 e. The molecule has 0 radical (unpaired) electrons. The molecule has 0 heterocycles. The van der Waals surface area contributed by atoms with E-state index in [4.69, 9.17) is 9.47 Å². The number of nitriles is 4. The quantitative estimate of drug-likeness (QED) is 0.260. The summed E-state index contributed by atoms with van der Waals surface area (Å²) in [6, 6.07) is 23.0. The van der Waals surface area contributed by atoms with Gasteiger partial charge in [-0.25, -0.2) is 0 Å². The molecule has 2 aliphatic rings. The normalized spacial score (nSPS) is 16.9. The number of allylic oxidation sites excluding steroid dienone is 4. The van der Waals surface area contributed by atoms with Crippen molar-refractivity contribution < 1.29 is 19.1 Å². The number of fused-ring (bicyclic) bond motifs is 2. The third-order valence-corrected chi connectivity index (χ3v) is 8.23. The van der Waals surface area contributed by atoms with Crippen molar-refractivity contribution in [2.24, 2.45) is 23.2 Å². The van der Waals surface area contributed by atoms with E-state index >= 15 is 0 Å². The van der Waals surface area contributed by atoms with Crippen LogP contribution in [-0.2, 0) is 31.9 Å². The van der Waals surface area contributed by atoms with Crippen LogP contribution in [0, 0.1) is 68.5 Å². The van der Waals surface area contributed by atoms with Gasteiger partial charge >= 0.3 is 11.9 Å². The highest BCUT2D eigenvalue weighted by molar-refractivity contribution is 5.92. The number of aryl methyl sites for hydroxylation is 2. The molecule has 2 aliphatic carbocycles. The van der Waals surface area contributed by atoms with Crippen molar-refractivity contribution in [3.8, 4) is 24.3 Å². The van der Waals surface area contributed by atoms with E-state index in [9.17, 15) is 30.6 Å². The van der Waals surface area contributed by atoms with Gasteiger partial charge in [0, 0.05) is 5.92 Å². The zero-order chi connectivity index (χ0) is 32.0. The average Bonchev–Trinajstić information content (AvgIpc) is 3.01. The van der Waals surface area contributed by atoms with E-state index in [1.54, 1.807) is 52.0 Å². The monoisotopic (exact) mass is 586 g/mol. The average molecular weight is 587 g/mol. The molecule has 2 aromatic carbocycles. The van der Waals surface area contributed by atoms with Crippen LogP contribution in [0.2, 0.25) is 0 Å². The minimum atomic E-state index is -2.16. The molecule has 0 saturated heterocycles. The summed E-state index contributed by atoms with van der Waals surface area (Å²) < 4.78 is 11.5. The lowest BCUT2D eigenvalue weighted by molar-refractivity contribution is -0.169. The van der Waals surface area contributed by atoms with Gasteiger partial charge in [-0.1, -0.05) is 54.6 Å². The number of hydrogen-bond donors (Lipinski definition) is 0. The molecule has 4 rings (SSSR count). The van der Waals surface area contributed by atoms with Crippen LogP contribution in [0.1, 0.15) is 62.8 Å². The summed E-state index contributed by atoms with van der Waals surface area (Å²) in [5, 5.41) is 42.0. The van der Waals surface area contributed by atoms with E-state index in [1.807, 2.05) is 42.5 Å². The third-order valence-electron chi connectivity index (χ3n) is 8.23. The predicted octanol–water partition coefficient (Wildman–Crippen LogP) is 6.25. The fourth-order valence-electron chi connectivity index (χ4n) is 6.53. The molecule has 3 atom stereocenters. The summed E-state index contributed by atoms with van der Waals surface area (Å²) >= 11 is 0. The predicted molar refractivity (Wildman–Crippen MR) is 162 cm³/mol. The number of nitrogens with zero attached hydrogens (tertiary/aromatic N) is 4. The van der Waals surface area contributed by atoms with Gasteiger partial charge in [0.1, 0.15) is 23.6 Å². The van der Waals surface area contributed by atoms with Crippen molar-refractivity contribution in [2.45, 2.75) is 65.6 Å². The summed E-state index contributed by atoms with van der Waals surface area (Å²) in [5.41, 5.74) is 1.33. The molecular formula is C36H34N4O4. The van der Waals surface area contributed by atoms with E-state index in [-0.39, 0.29) is 12.0 Å². The van der Waals surface area contributed by atoms with Crippen molar-refractivity contribution in [3.05, 3.63) is 82.4 Å². The maximum atomic E-state index is 14.3. The molecule has 3 unspecified atom stereocenters. The SMILES string of the molecule is CC(C)OC(=O)C(C1CCc2ccccc2C1=C(C#N)C#N)C(C(=O)OC(C)C)C(C#N)(C#N)C1=CCCc2ccccc21. The highest BCUT2D eigenvalue weighted by Crippen LogP contribution is 2.53. The second-order valence-electron chi connectivity index (χ2n) is 11.6. The zero-order valence-electron chi connectivity index (χ0n) is 25.3. The van der Waals surface area contributed by atoms with Crippen LogP contribution in [-0.4, -0.2) is 24.1 Å². The summed E-state index contributed by atoms with van der Waals surface area (Å²) in [6.07, 6.45) is 2.54. The lowest BCUT2D eigenvalue weighted by atomic mass is 9.58. The number of benzene rings is 2. The van der Waals surface area contributed by atoms with Gasteiger partial charge in [-0.15, -0.1) is 0 Å². The Bertz CT molecular complexity index is 1660. The minimum Gasteiger partial charge on any atom is -0.463 e. The number of hydrogen-bond acceptors (Lipinski definition) is 8. The number of carbonyl (C=O) groups is 2. The first-order chi connectivity index (χ1) is 21.1. The van der Waals surface area contributed by atoms with Crippen molar-refractivity contribution in [1.82, 2.24) is 0 Å². The Hall–Kier alpha value is -5.18. The summed E-state index contributed by atoms with van der Waals surface area (Å²) in [5.74, 6) is -5.69. The lowest BCUT2D eigenvalue weighted by Gasteiger charge is -2.41. The van der Waals surface area contributed by atoms with Crippen LogP contribution >= 0.6 is 0 Å².